The monoisotopic (exact) mass is 613 g/mol. The van der Waals surface area contributed by atoms with Gasteiger partial charge in [-0.25, -0.2) is 0 Å². The zero-order chi connectivity index (χ0) is 31.4. The molecule has 0 radical (unpaired) electrons. The smallest absolute Gasteiger partial charge is 0.347 e. The van der Waals surface area contributed by atoms with Crippen molar-refractivity contribution < 1.29 is 23.5 Å². The molecule has 9 nitrogen and oxygen atoms in total. The summed E-state index contributed by atoms with van der Waals surface area (Å²) in [6, 6.07) is 23.1. The summed E-state index contributed by atoms with van der Waals surface area (Å²) in [5.41, 5.74) is 28.8. The van der Waals surface area contributed by atoms with Crippen LogP contribution in [0.5, 0.6) is 23.0 Å². The molecule has 4 aromatic rings. The van der Waals surface area contributed by atoms with E-state index in [0.717, 1.165) is 35.1 Å². The Morgan fingerprint density at radius 3 is 1.05 bits per heavy atom. The molecule has 0 heterocycles. The van der Waals surface area contributed by atoms with Crippen LogP contribution in [-0.2, 0) is 15.4 Å². The molecule has 2 saturated carbocycles. The van der Waals surface area contributed by atoms with E-state index in [1.807, 2.05) is 72.8 Å². The molecule has 0 bridgehead atoms. The van der Waals surface area contributed by atoms with Gasteiger partial charge in [-0.2, -0.15) is 0 Å². The van der Waals surface area contributed by atoms with Gasteiger partial charge in [-0.1, -0.05) is 28.8 Å². The number of nitrogen functional groups attached to an aromatic ring is 4. The third-order valence-corrected chi connectivity index (χ3v) is 11.8. The summed E-state index contributed by atoms with van der Waals surface area (Å²) < 4.78 is 37.8. The maximum atomic E-state index is 14.9. The van der Waals surface area contributed by atoms with Crippen LogP contribution in [0, 0.1) is 0 Å². The van der Waals surface area contributed by atoms with Crippen LogP contribution in [0.3, 0.4) is 0 Å². The van der Waals surface area contributed by atoms with Gasteiger partial charge in [0.2, 0.25) is 0 Å². The first-order valence-corrected chi connectivity index (χ1v) is 15.8. The number of hydrogen-bond acceptors (Lipinski definition) is 9. The number of methoxy groups -OCH3 is 4. The van der Waals surface area contributed by atoms with Crippen LogP contribution in [0.4, 0.5) is 22.7 Å². The minimum absolute atomic E-state index is 0.0916. The molecule has 8 N–H and O–H groups in total. The Bertz CT molecular complexity index is 1550. The lowest BCUT2D eigenvalue weighted by molar-refractivity contribution is 0.413. The second kappa shape index (κ2) is 10.8. The van der Waals surface area contributed by atoms with Crippen molar-refractivity contribution in [3.8, 4) is 23.0 Å². The lowest BCUT2D eigenvalue weighted by Crippen LogP contribution is -2.26. The van der Waals surface area contributed by atoms with E-state index >= 15 is 0 Å². The largest absolute Gasteiger partial charge is 0.495 e. The minimum atomic E-state index is -1.77. The number of benzene rings is 4. The number of ether oxygens (including phenoxy) is 4. The topological polar surface area (TPSA) is 158 Å². The number of hydrogen-bond donors (Lipinski definition) is 4. The summed E-state index contributed by atoms with van der Waals surface area (Å²) in [5, 5.41) is 0. The number of nitrogens with two attached hydrogens (primary N) is 4. The molecule has 1 unspecified atom stereocenters. The fourth-order valence-corrected chi connectivity index (χ4v) is 9.85. The van der Waals surface area contributed by atoms with Crippen molar-refractivity contribution in [2.45, 2.75) is 35.0 Å². The molecule has 2 aliphatic rings. The Kier molecular flexibility index (Phi) is 7.25. The van der Waals surface area contributed by atoms with Crippen molar-refractivity contribution in [1.82, 2.24) is 0 Å². The summed E-state index contributed by atoms with van der Waals surface area (Å²) in [7, 11) is 4.59. The summed E-state index contributed by atoms with van der Waals surface area (Å²) in [6.07, 6.45) is 1.81. The first-order chi connectivity index (χ1) is 21.2. The van der Waals surface area contributed by atoms with E-state index in [9.17, 15) is 4.57 Å². The maximum Gasteiger partial charge on any atom is 0.347 e. The van der Waals surface area contributed by atoms with Crippen LogP contribution in [0.15, 0.2) is 72.8 Å². The van der Waals surface area contributed by atoms with Gasteiger partial charge in [0.05, 0.1) is 62.0 Å². The molecule has 2 fully saturated rings. The normalized spacial score (nSPS) is 17.0. The average molecular weight is 614 g/mol. The number of anilines is 4. The SMILES string of the molecule is COc1cc(C2(c3ccc(N)c(OC)c3)C([P+](=O)C3CC3)C2(c2ccc(N)c(OC)c2)c2ccc(N)c(OC)c2)ccc1N. The van der Waals surface area contributed by atoms with Crippen molar-refractivity contribution in [3.63, 3.8) is 0 Å². The van der Waals surface area contributed by atoms with Gasteiger partial charge >= 0.3 is 7.80 Å². The lowest BCUT2D eigenvalue weighted by Gasteiger charge is -2.28. The standard InChI is InChI=1S/C34H38N4O5P/c1-40-28-15-19(5-11-24(28)35)33(20-6-12-25(36)29(16-20)41-2)32(44(39)23-9-10-23)34(33,21-7-13-26(37)30(17-21)42-3)22-8-14-27(38)31(18-22)43-4/h5-8,11-18,23,32H,9-10,35-38H2,1-4H3/q+1. The van der Waals surface area contributed by atoms with Crippen LogP contribution in [0.1, 0.15) is 35.1 Å². The van der Waals surface area contributed by atoms with E-state index in [2.05, 4.69) is 0 Å². The fraction of sp³-hybridized carbons (Fsp3) is 0.294. The Morgan fingerprint density at radius 1 is 0.545 bits per heavy atom. The average Bonchev–Trinajstić information content (AvgIpc) is 3.96. The predicted molar refractivity (Wildman–Crippen MR) is 176 cm³/mol. The Morgan fingerprint density at radius 2 is 0.818 bits per heavy atom. The third kappa shape index (κ3) is 4.14. The van der Waals surface area contributed by atoms with Gasteiger partial charge in [0.15, 0.2) is 11.3 Å². The Balaban J connectivity index is 1.80. The van der Waals surface area contributed by atoms with Gasteiger partial charge in [0.1, 0.15) is 23.0 Å². The molecule has 44 heavy (non-hydrogen) atoms. The molecule has 10 heteroatoms. The van der Waals surface area contributed by atoms with Crippen molar-refractivity contribution in [1.29, 1.82) is 0 Å². The molecule has 228 valence electrons. The molecule has 6 rings (SSSR count). The fourth-order valence-electron chi connectivity index (χ4n) is 7.08. The van der Waals surface area contributed by atoms with Crippen molar-refractivity contribution in [2.75, 3.05) is 51.4 Å². The molecule has 2 aliphatic carbocycles. The summed E-state index contributed by atoms with van der Waals surface area (Å²) in [5.74, 6) is 2.09. The van der Waals surface area contributed by atoms with Crippen molar-refractivity contribution in [3.05, 3.63) is 95.1 Å². The Labute approximate surface area is 258 Å². The zero-order valence-electron chi connectivity index (χ0n) is 25.3. The first-order valence-electron chi connectivity index (χ1n) is 14.4. The highest BCUT2D eigenvalue weighted by molar-refractivity contribution is 7.47. The summed E-state index contributed by atoms with van der Waals surface area (Å²) in [4.78, 5) is 0. The van der Waals surface area contributed by atoms with Crippen molar-refractivity contribution in [2.24, 2.45) is 0 Å². The van der Waals surface area contributed by atoms with E-state index in [-0.39, 0.29) is 5.66 Å². The molecule has 0 aromatic heterocycles. The van der Waals surface area contributed by atoms with Crippen LogP contribution in [0.25, 0.3) is 0 Å². The van der Waals surface area contributed by atoms with E-state index < -0.39 is 24.3 Å². The molecular weight excluding hydrogens is 575 g/mol. The van der Waals surface area contributed by atoms with Gasteiger partial charge in [0, 0.05) is 0 Å². The van der Waals surface area contributed by atoms with Crippen LogP contribution < -0.4 is 41.9 Å². The second-order valence-corrected chi connectivity index (χ2v) is 13.4. The van der Waals surface area contributed by atoms with E-state index in [1.54, 1.807) is 28.4 Å². The molecular formula is C34H38N4O5P+. The van der Waals surface area contributed by atoms with Gasteiger partial charge < -0.3 is 41.9 Å². The maximum absolute atomic E-state index is 14.9. The molecule has 1 atom stereocenters. The molecule has 4 aromatic carbocycles. The second-order valence-electron chi connectivity index (χ2n) is 11.4. The minimum Gasteiger partial charge on any atom is -0.495 e. The molecule has 0 amide bonds. The van der Waals surface area contributed by atoms with E-state index in [4.69, 9.17) is 41.9 Å². The van der Waals surface area contributed by atoms with Gasteiger partial charge in [-0.15, -0.1) is 0 Å². The van der Waals surface area contributed by atoms with E-state index in [0.29, 0.717) is 45.7 Å². The predicted octanol–water partition coefficient (Wildman–Crippen LogP) is 5.69. The summed E-state index contributed by atoms with van der Waals surface area (Å²) >= 11 is 0. The number of rotatable bonds is 10. The van der Waals surface area contributed by atoms with Gasteiger partial charge in [0.25, 0.3) is 0 Å². The van der Waals surface area contributed by atoms with Crippen LogP contribution in [0.2, 0.25) is 0 Å². The van der Waals surface area contributed by atoms with E-state index in [1.165, 1.54) is 0 Å². The van der Waals surface area contributed by atoms with Crippen LogP contribution in [-0.4, -0.2) is 39.8 Å². The summed E-state index contributed by atoms with van der Waals surface area (Å²) in [6.45, 7) is 0. The lowest BCUT2D eigenvalue weighted by atomic mass is 9.73. The molecule has 0 aliphatic heterocycles. The highest BCUT2D eigenvalue weighted by atomic mass is 31.1. The van der Waals surface area contributed by atoms with Gasteiger partial charge in [-0.3, -0.25) is 0 Å². The molecule has 0 spiro atoms. The zero-order valence-corrected chi connectivity index (χ0v) is 26.2. The van der Waals surface area contributed by atoms with Crippen LogP contribution >= 0.6 is 7.80 Å². The van der Waals surface area contributed by atoms with Gasteiger partial charge in [-0.05, 0) is 83.6 Å². The highest BCUT2D eigenvalue weighted by Gasteiger charge is 2.88. The first kappa shape index (κ1) is 29.5. The quantitative estimate of drug-likeness (QED) is 0.130. The van der Waals surface area contributed by atoms with Crippen molar-refractivity contribution >= 4 is 30.6 Å². The Hall–Kier alpha value is -4.62. The highest BCUT2D eigenvalue weighted by Crippen LogP contribution is 2.81. The molecule has 0 saturated heterocycles. The third-order valence-electron chi connectivity index (χ3n) is 9.28.